The van der Waals surface area contributed by atoms with Crippen LogP contribution in [0.5, 0.6) is 0 Å². The van der Waals surface area contributed by atoms with Crippen molar-refractivity contribution in [1.82, 2.24) is 4.98 Å². The van der Waals surface area contributed by atoms with Crippen LogP contribution in [0.2, 0.25) is 0 Å². The van der Waals surface area contributed by atoms with Gasteiger partial charge in [-0.05, 0) is 25.3 Å². The molecule has 1 aromatic carbocycles. The largest absolute Gasteiger partial charge is 0.302 e. The number of aryl methyl sites for hydroxylation is 1. The Hall–Kier alpha value is -1.68. The smallest absolute Gasteiger partial charge is 0.229 e. The Morgan fingerprint density at radius 1 is 1.35 bits per heavy atom. The van der Waals surface area contributed by atoms with Gasteiger partial charge >= 0.3 is 0 Å². The first-order valence-corrected chi connectivity index (χ1v) is 7.83. The number of nitrogens with zero attached hydrogens (tertiary/aromatic N) is 1. The molecule has 1 fully saturated rings. The Labute approximate surface area is 123 Å². The van der Waals surface area contributed by atoms with Gasteiger partial charge < -0.3 is 5.32 Å². The second-order valence-corrected chi connectivity index (χ2v) is 6.53. The van der Waals surface area contributed by atoms with Gasteiger partial charge in [0.2, 0.25) is 5.91 Å². The number of amides is 1. The SMILES string of the molecule is Cc1ccc(Cc2cnc(NC(=O)C3CCC3)s2)cc1. The third kappa shape index (κ3) is 3.07. The summed E-state index contributed by atoms with van der Waals surface area (Å²) >= 11 is 1.57. The van der Waals surface area contributed by atoms with Crippen LogP contribution < -0.4 is 5.32 Å². The number of rotatable bonds is 4. The zero-order valence-electron chi connectivity index (χ0n) is 11.6. The van der Waals surface area contributed by atoms with Gasteiger partial charge in [0, 0.05) is 23.4 Å². The van der Waals surface area contributed by atoms with Gasteiger partial charge in [0.1, 0.15) is 0 Å². The molecule has 104 valence electrons. The van der Waals surface area contributed by atoms with Crippen molar-refractivity contribution < 1.29 is 4.79 Å². The summed E-state index contributed by atoms with van der Waals surface area (Å²) in [5.41, 5.74) is 2.54. The Kier molecular flexibility index (Phi) is 3.83. The summed E-state index contributed by atoms with van der Waals surface area (Å²) in [5, 5.41) is 3.65. The average molecular weight is 286 g/mol. The standard InChI is InChI=1S/C16H18N2OS/c1-11-5-7-12(8-6-11)9-14-10-17-16(20-14)18-15(19)13-3-2-4-13/h5-8,10,13H,2-4,9H2,1H3,(H,17,18,19). The van der Waals surface area contributed by atoms with E-state index in [1.165, 1.54) is 22.4 Å². The summed E-state index contributed by atoms with van der Waals surface area (Å²) in [7, 11) is 0. The van der Waals surface area contributed by atoms with E-state index < -0.39 is 0 Å². The van der Waals surface area contributed by atoms with Gasteiger partial charge in [-0.15, -0.1) is 11.3 Å². The molecular formula is C16H18N2OS. The van der Waals surface area contributed by atoms with Crippen LogP contribution in [0.3, 0.4) is 0 Å². The molecule has 2 aromatic rings. The molecule has 1 saturated carbocycles. The topological polar surface area (TPSA) is 42.0 Å². The van der Waals surface area contributed by atoms with Crippen molar-refractivity contribution in [2.24, 2.45) is 5.92 Å². The minimum absolute atomic E-state index is 0.132. The first-order chi connectivity index (χ1) is 9.70. The molecule has 0 atom stereocenters. The summed E-state index contributed by atoms with van der Waals surface area (Å²) in [5.74, 6) is 0.340. The van der Waals surface area contributed by atoms with E-state index in [1.54, 1.807) is 11.3 Å². The number of carbonyl (C=O) groups excluding carboxylic acids is 1. The van der Waals surface area contributed by atoms with Crippen LogP contribution in [-0.4, -0.2) is 10.9 Å². The molecule has 0 bridgehead atoms. The van der Waals surface area contributed by atoms with E-state index in [9.17, 15) is 4.79 Å². The van der Waals surface area contributed by atoms with Crippen LogP contribution in [0.25, 0.3) is 0 Å². The van der Waals surface area contributed by atoms with Gasteiger partial charge in [-0.1, -0.05) is 36.2 Å². The number of benzene rings is 1. The van der Waals surface area contributed by atoms with Crippen molar-refractivity contribution in [3.05, 3.63) is 46.5 Å². The molecule has 1 N–H and O–H groups in total. The van der Waals surface area contributed by atoms with Crippen LogP contribution in [0.1, 0.15) is 35.3 Å². The van der Waals surface area contributed by atoms with Crippen LogP contribution >= 0.6 is 11.3 Å². The average Bonchev–Trinajstić information content (AvgIpc) is 2.77. The predicted octanol–water partition coefficient (Wildman–Crippen LogP) is 3.78. The van der Waals surface area contributed by atoms with Crippen molar-refractivity contribution >= 4 is 22.4 Å². The molecule has 1 aromatic heterocycles. The van der Waals surface area contributed by atoms with Crippen LogP contribution in [0.15, 0.2) is 30.5 Å². The minimum atomic E-state index is 0.132. The van der Waals surface area contributed by atoms with E-state index in [0.29, 0.717) is 0 Å². The lowest BCUT2D eigenvalue weighted by Gasteiger charge is -2.23. The van der Waals surface area contributed by atoms with Crippen molar-refractivity contribution in [2.45, 2.75) is 32.6 Å². The fraction of sp³-hybridized carbons (Fsp3) is 0.375. The quantitative estimate of drug-likeness (QED) is 0.929. The predicted molar refractivity (Wildman–Crippen MR) is 82.1 cm³/mol. The highest BCUT2D eigenvalue weighted by molar-refractivity contribution is 7.15. The first-order valence-electron chi connectivity index (χ1n) is 7.02. The number of anilines is 1. The zero-order valence-corrected chi connectivity index (χ0v) is 12.4. The van der Waals surface area contributed by atoms with Gasteiger partial charge in [-0.25, -0.2) is 4.98 Å². The Morgan fingerprint density at radius 2 is 2.10 bits per heavy atom. The molecular weight excluding hydrogens is 268 g/mol. The van der Waals surface area contributed by atoms with Crippen molar-refractivity contribution in [1.29, 1.82) is 0 Å². The van der Waals surface area contributed by atoms with Gasteiger partial charge in [0.15, 0.2) is 5.13 Å². The number of carbonyl (C=O) groups is 1. The minimum Gasteiger partial charge on any atom is -0.302 e. The molecule has 3 nitrogen and oxygen atoms in total. The highest BCUT2D eigenvalue weighted by atomic mass is 32.1. The highest BCUT2D eigenvalue weighted by Gasteiger charge is 2.25. The lowest BCUT2D eigenvalue weighted by Crippen LogP contribution is -2.27. The second-order valence-electron chi connectivity index (χ2n) is 5.41. The van der Waals surface area contributed by atoms with Gasteiger partial charge in [-0.3, -0.25) is 4.79 Å². The maximum Gasteiger partial charge on any atom is 0.229 e. The summed E-state index contributed by atoms with van der Waals surface area (Å²) in [6.45, 7) is 2.09. The molecule has 0 radical (unpaired) electrons. The van der Waals surface area contributed by atoms with Crippen LogP contribution in [-0.2, 0) is 11.2 Å². The Balaban J connectivity index is 1.61. The molecule has 1 amide bonds. The second kappa shape index (κ2) is 5.75. The lowest BCUT2D eigenvalue weighted by atomic mass is 9.85. The molecule has 1 heterocycles. The lowest BCUT2D eigenvalue weighted by molar-refractivity contribution is -0.122. The van der Waals surface area contributed by atoms with E-state index >= 15 is 0 Å². The summed E-state index contributed by atoms with van der Waals surface area (Å²) in [6, 6.07) is 8.52. The summed E-state index contributed by atoms with van der Waals surface area (Å²) in [4.78, 5) is 17.3. The Morgan fingerprint density at radius 3 is 2.75 bits per heavy atom. The zero-order chi connectivity index (χ0) is 13.9. The number of hydrogen-bond acceptors (Lipinski definition) is 3. The molecule has 1 aliphatic rings. The molecule has 0 unspecified atom stereocenters. The third-order valence-corrected chi connectivity index (χ3v) is 4.67. The van der Waals surface area contributed by atoms with Crippen molar-refractivity contribution in [3.8, 4) is 0 Å². The fourth-order valence-corrected chi connectivity index (χ4v) is 3.08. The van der Waals surface area contributed by atoms with Crippen molar-refractivity contribution in [3.63, 3.8) is 0 Å². The summed E-state index contributed by atoms with van der Waals surface area (Å²) < 4.78 is 0. The molecule has 1 aliphatic carbocycles. The fourth-order valence-electron chi connectivity index (χ4n) is 2.23. The monoisotopic (exact) mass is 286 g/mol. The highest BCUT2D eigenvalue weighted by Crippen LogP contribution is 2.28. The van der Waals surface area contributed by atoms with E-state index in [2.05, 4.69) is 41.5 Å². The van der Waals surface area contributed by atoms with E-state index in [-0.39, 0.29) is 11.8 Å². The number of thiazole rings is 1. The third-order valence-electron chi connectivity index (χ3n) is 3.76. The van der Waals surface area contributed by atoms with Crippen LogP contribution in [0.4, 0.5) is 5.13 Å². The van der Waals surface area contributed by atoms with E-state index in [4.69, 9.17) is 0 Å². The first kappa shape index (κ1) is 13.3. The van der Waals surface area contributed by atoms with Crippen molar-refractivity contribution in [2.75, 3.05) is 5.32 Å². The summed E-state index contributed by atoms with van der Waals surface area (Å²) in [6.07, 6.45) is 5.95. The van der Waals surface area contributed by atoms with Gasteiger partial charge in [0.05, 0.1) is 0 Å². The molecule has 0 spiro atoms. The van der Waals surface area contributed by atoms with Gasteiger partial charge in [0.25, 0.3) is 0 Å². The number of hydrogen-bond donors (Lipinski definition) is 1. The molecule has 0 aliphatic heterocycles. The maximum absolute atomic E-state index is 11.9. The molecule has 3 rings (SSSR count). The van der Waals surface area contributed by atoms with E-state index in [1.807, 2.05) is 6.20 Å². The van der Waals surface area contributed by atoms with Crippen LogP contribution in [0, 0.1) is 12.8 Å². The molecule has 4 heteroatoms. The molecule has 0 saturated heterocycles. The Bertz CT molecular complexity index is 599. The van der Waals surface area contributed by atoms with Gasteiger partial charge in [-0.2, -0.15) is 0 Å². The molecule has 20 heavy (non-hydrogen) atoms. The number of nitrogens with one attached hydrogen (secondary N) is 1. The maximum atomic E-state index is 11.9. The van der Waals surface area contributed by atoms with E-state index in [0.717, 1.165) is 24.4 Å². The number of aromatic nitrogens is 1. The normalized spacial score (nSPS) is 14.8.